The lowest BCUT2D eigenvalue weighted by atomic mass is 9.85. The fourth-order valence-electron chi connectivity index (χ4n) is 4.69. The summed E-state index contributed by atoms with van der Waals surface area (Å²) in [6.07, 6.45) is 5.81. The van der Waals surface area contributed by atoms with Gasteiger partial charge >= 0.3 is 11.9 Å². The van der Waals surface area contributed by atoms with E-state index >= 15 is 0 Å². The van der Waals surface area contributed by atoms with E-state index in [2.05, 4.69) is 16.9 Å². The van der Waals surface area contributed by atoms with E-state index in [4.69, 9.17) is 4.74 Å². The Hall–Kier alpha value is -2.50. The maximum absolute atomic E-state index is 12.8. The van der Waals surface area contributed by atoms with Crippen molar-refractivity contribution < 1.29 is 19.4 Å². The van der Waals surface area contributed by atoms with Gasteiger partial charge in [0.1, 0.15) is 17.0 Å². The first kappa shape index (κ1) is 22.2. The molecular formula is C24H34N2O4. The first-order chi connectivity index (χ1) is 14.0. The number of hydrogen-bond acceptors (Lipinski definition) is 3. The molecule has 3 N–H and O–H groups in total. The number of rotatable bonds is 4. The van der Waals surface area contributed by atoms with Crippen molar-refractivity contribution in [2.45, 2.75) is 91.6 Å². The maximum Gasteiger partial charge on any atom is 0.355 e. The van der Waals surface area contributed by atoms with Crippen LogP contribution in [0.2, 0.25) is 0 Å². The minimum absolute atomic E-state index is 0.0111. The van der Waals surface area contributed by atoms with Crippen LogP contribution in [0.1, 0.15) is 114 Å². The average Bonchev–Trinajstić information content (AvgIpc) is 3.11. The predicted octanol–water partition coefficient (Wildman–Crippen LogP) is 5.42. The predicted molar refractivity (Wildman–Crippen MR) is 117 cm³/mol. The molecule has 3 rings (SSSR count). The van der Waals surface area contributed by atoms with Gasteiger partial charge in [-0.3, -0.25) is 0 Å². The first-order valence-corrected chi connectivity index (χ1v) is 10.9. The normalized spacial score (nSPS) is 17.2. The summed E-state index contributed by atoms with van der Waals surface area (Å²) >= 11 is 0. The van der Waals surface area contributed by atoms with Gasteiger partial charge in [0.25, 0.3) is 0 Å². The number of carbonyl (C=O) groups is 2. The van der Waals surface area contributed by atoms with Gasteiger partial charge < -0.3 is 19.8 Å². The molecule has 30 heavy (non-hydrogen) atoms. The van der Waals surface area contributed by atoms with Gasteiger partial charge in [-0.25, -0.2) is 9.59 Å². The minimum Gasteiger partial charge on any atom is -0.477 e. The fourth-order valence-corrected chi connectivity index (χ4v) is 4.69. The lowest BCUT2D eigenvalue weighted by molar-refractivity contribution is 0.00623. The zero-order valence-electron chi connectivity index (χ0n) is 19.0. The van der Waals surface area contributed by atoms with E-state index < -0.39 is 11.6 Å². The van der Waals surface area contributed by atoms with Crippen LogP contribution < -0.4 is 0 Å². The summed E-state index contributed by atoms with van der Waals surface area (Å²) in [5, 5.41) is 9.64. The van der Waals surface area contributed by atoms with E-state index in [0.717, 1.165) is 72.2 Å². The number of carboxylic acids is 1. The van der Waals surface area contributed by atoms with Gasteiger partial charge in [-0.2, -0.15) is 0 Å². The molecule has 0 saturated heterocycles. The van der Waals surface area contributed by atoms with Crippen LogP contribution in [-0.4, -0.2) is 32.6 Å². The Morgan fingerprint density at radius 3 is 2.30 bits per heavy atom. The Bertz CT molecular complexity index is 959. The summed E-state index contributed by atoms with van der Waals surface area (Å²) in [5.41, 5.74) is 6.20. The lowest BCUT2D eigenvalue weighted by Crippen LogP contribution is -2.24. The number of fused-ring (bicyclic) bond motifs is 1. The molecule has 1 atom stereocenters. The van der Waals surface area contributed by atoms with Crippen molar-refractivity contribution in [3.63, 3.8) is 0 Å². The second kappa shape index (κ2) is 8.32. The number of carboxylic acid groups (broad SMARTS) is 1. The molecule has 1 aliphatic carbocycles. The number of H-pyrrole nitrogens is 2. The van der Waals surface area contributed by atoms with Crippen LogP contribution >= 0.6 is 0 Å². The lowest BCUT2D eigenvalue weighted by Gasteiger charge is -2.22. The average molecular weight is 415 g/mol. The van der Waals surface area contributed by atoms with Crippen molar-refractivity contribution in [3.8, 4) is 0 Å². The van der Waals surface area contributed by atoms with Crippen LogP contribution in [0.5, 0.6) is 0 Å². The largest absolute Gasteiger partial charge is 0.477 e. The highest BCUT2D eigenvalue weighted by Crippen LogP contribution is 2.39. The summed E-state index contributed by atoms with van der Waals surface area (Å²) in [7, 11) is 0. The third-order valence-corrected chi connectivity index (χ3v) is 6.11. The number of ether oxygens (including phenoxy) is 1. The van der Waals surface area contributed by atoms with Crippen LogP contribution in [0.3, 0.4) is 0 Å². The second-order valence-electron chi connectivity index (χ2n) is 9.35. The molecule has 0 aromatic carbocycles. The second-order valence-corrected chi connectivity index (χ2v) is 9.35. The molecule has 0 aliphatic heterocycles. The molecule has 6 heteroatoms. The molecular weight excluding hydrogens is 380 g/mol. The smallest absolute Gasteiger partial charge is 0.355 e. The number of aromatic carboxylic acids is 1. The van der Waals surface area contributed by atoms with Crippen LogP contribution in [0.15, 0.2) is 0 Å². The summed E-state index contributed by atoms with van der Waals surface area (Å²) in [6, 6.07) is 0. The molecule has 2 aromatic heterocycles. The molecule has 0 fully saturated rings. The standard InChI is InChI=1S/C24H34N2O4/c1-7-15-13(2)19(23(29)30-24(4,5)6)26-20(15)17-12-10-8-9-11-16-14(3)18(22(27)28)25-21(16)17/h17,25-26H,7-12H2,1-6H3,(H,27,28). The molecule has 1 aliphatic rings. The Labute approximate surface area is 178 Å². The monoisotopic (exact) mass is 414 g/mol. The Morgan fingerprint density at radius 2 is 1.70 bits per heavy atom. The number of nitrogens with one attached hydrogen (secondary N) is 2. The van der Waals surface area contributed by atoms with Gasteiger partial charge in [0.15, 0.2) is 0 Å². The number of aromatic nitrogens is 2. The summed E-state index contributed by atoms with van der Waals surface area (Å²) < 4.78 is 5.62. The van der Waals surface area contributed by atoms with E-state index in [1.807, 2.05) is 34.6 Å². The number of aromatic amines is 2. The van der Waals surface area contributed by atoms with Crippen LogP contribution in [0.25, 0.3) is 0 Å². The molecule has 1 unspecified atom stereocenters. The Kier molecular flexibility index (Phi) is 6.16. The SMILES string of the molecule is CCc1c(C2CCCCCc3c2[nH]c(C(=O)O)c3C)[nH]c(C(=O)OC(C)(C)C)c1C. The minimum atomic E-state index is -0.925. The van der Waals surface area contributed by atoms with E-state index in [0.29, 0.717) is 5.69 Å². The van der Waals surface area contributed by atoms with E-state index in [-0.39, 0.29) is 17.6 Å². The number of esters is 1. The molecule has 0 amide bonds. The first-order valence-electron chi connectivity index (χ1n) is 10.9. The van der Waals surface area contributed by atoms with Gasteiger partial charge in [0.2, 0.25) is 0 Å². The highest BCUT2D eigenvalue weighted by atomic mass is 16.6. The summed E-state index contributed by atoms with van der Waals surface area (Å²) in [6.45, 7) is 11.5. The van der Waals surface area contributed by atoms with Crippen LogP contribution in [-0.2, 0) is 17.6 Å². The van der Waals surface area contributed by atoms with Gasteiger partial charge in [-0.1, -0.05) is 19.8 Å². The molecule has 0 spiro atoms. The van der Waals surface area contributed by atoms with Crippen molar-refractivity contribution in [1.82, 2.24) is 9.97 Å². The highest BCUT2D eigenvalue weighted by molar-refractivity contribution is 5.90. The molecule has 164 valence electrons. The Balaban J connectivity index is 2.13. The quantitative estimate of drug-likeness (QED) is 0.582. The van der Waals surface area contributed by atoms with E-state index in [1.54, 1.807) is 0 Å². The van der Waals surface area contributed by atoms with Gasteiger partial charge in [-0.15, -0.1) is 0 Å². The molecule has 0 bridgehead atoms. The van der Waals surface area contributed by atoms with Crippen molar-refractivity contribution >= 4 is 11.9 Å². The van der Waals surface area contributed by atoms with Gasteiger partial charge in [-0.05, 0) is 82.6 Å². The molecule has 0 radical (unpaired) electrons. The molecule has 2 heterocycles. The topological polar surface area (TPSA) is 95.2 Å². The van der Waals surface area contributed by atoms with Gasteiger partial charge in [0.05, 0.1) is 0 Å². The molecule has 6 nitrogen and oxygen atoms in total. The van der Waals surface area contributed by atoms with Crippen LogP contribution in [0.4, 0.5) is 0 Å². The number of carbonyl (C=O) groups excluding carboxylic acids is 1. The molecule has 2 aromatic rings. The van der Waals surface area contributed by atoms with E-state index in [9.17, 15) is 14.7 Å². The van der Waals surface area contributed by atoms with Crippen molar-refractivity contribution in [1.29, 1.82) is 0 Å². The van der Waals surface area contributed by atoms with Gasteiger partial charge in [0, 0.05) is 17.3 Å². The summed E-state index contributed by atoms with van der Waals surface area (Å²) in [4.78, 5) is 31.2. The summed E-state index contributed by atoms with van der Waals surface area (Å²) in [5.74, 6) is -1.26. The van der Waals surface area contributed by atoms with E-state index in [1.165, 1.54) is 0 Å². The molecule has 0 saturated carbocycles. The van der Waals surface area contributed by atoms with Crippen LogP contribution in [0, 0.1) is 13.8 Å². The highest BCUT2D eigenvalue weighted by Gasteiger charge is 2.31. The maximum atomic E-state index is 12.8. The third kappa shape index (κ3) is 4.18. The zero-order chi connectivity index (χ0) is 22.2. The zero-order valence-corrected chi connectivity index (χ0v) is 19.0. The van der Waals surface area contributed by atoms with Crippen molar-refractivity contribution in [3.05, 3.63) is 45.0 Å². The number of hydrogen-bond donors (Lipinski definition) is 3. The third-order valence-electron chi connectivity index (χ3n) is 6.11. The van der Waals surface area contributed by atoms with Crippen molar-refractivity contribution in [2.24, 2.45) is 0 Å². The Morgan fingerprint density at radius 1 is 1.03 bits per heavy atom. The van der Waals surface area contributed by atoms with Crippen molar-refractivity contribution in [2.75, 3.05) is 0 Å². The fraction of sp³-hybridized carbons (Fsp3) is 0.583.